The number of ether oxygens (including phenoxy) is 1. The lowest BCUT2D eigenvalue weighted by Crippen LogP contribution is -2.46. The number of piperidine rings is 1. The summed E-state index contributed by atoms with van der Waals surface area (Å²) < 4.78 is 5.25. The van der Waals surface area contributed by atoms with E-state index in [0.717, 1.165) is 38.8 Å². The Labute approximate surface area is 84.6 Å². The highest BCUT2D eigenvalue weighted by atomic mass is 16.5. The summed E-state index contributed by atoms with van der Waals surface area (Å²) in [4.78, 5) is 13.5. The van der Waals surface area contributed by atoms with E-state index in [1.54, 1.807) is 7.11 Å². The third-order valence-electron chi connectivity index (χ3n) is 2.97. The van der Waals surface area contributed by atoms with Gasteiger partial charge in [-0.1, -0.05) is 0 Å². The zero-order valence-corrected chi connectivity index (χ0v) is 8.66. The van der Waals surface area contributed by atoms with Gasteiger partial charge in [-0.05, 0) is 25.7 Å². The molecular weight excluding hydrogens is 180 g/mol. The van der Waals surface area contributed by atoms with Crippen molar-refractivity contribution in [2.24, 2.45) is 0 Å². The predicted octanol–water partition coefficient (Wildman–Crippen LogP) is 0.969. The average Bonchev–Trinajstić information content (AvgIpc) is 3.02. The van der Waals surface area contributed by atoms with E-state index in [9.17, 15) is 4.79 Å². The monoisotopic (exact) mass is 198 g/mol. The minimum absolute atomic E-state index is 0.113. The topological polar surface area (TPSA) is 41.6 Å². The number of rotatable bonds is 2. The minimum atomic E-state index is 0.113. The largest absolute Gasteiger partial charge is 0.381 e. The van der Waals surface area contributed by atoms with Gasteiger partial charge in [0.25, 0.3) is 0 Å². The summed E-state index contributed by atoms with van der Waals surface area (Å²) in [5.41, 5.74) is 0. The van der Waals surface area contributed by atoms with Crippen LogP contribution in [0, 0.1) is 0 Å². The summed E-state index contributed by atoms with van der Waals surface area (Å²) in [5, 5.41) is 3.00. The number of likely N-dealkylation sites (tertiary alicyclic amines) is 1. The van der Waals surface area contributed by atoms with Crippen molar-refractivity contribution in [3.05, 3.63) is 0 Å². The number of urea groups is 1. The molecule has 80 valence electrons. The van der Waals surface area contributed by atoms with E-state index in [1.807, 2.05) is 4.90 Å². The molecule has 2 rings (SSSR count). The van der Waals surface area contributed by atoms with Crippen LogP contribution in [0.5, 0.6) is 0 Å². The molecule has 1 saturated carbocycles. The van der Waals surface area contributed by atoms with Crippen molar-refractivity contribution in [2.75, 3.05) is 20.2 Å². The SMILES string of the molecule is COC1CCN(C(=O)NC2CC2)CC1. The number of methoxy groups -OCH3 is 1. The maximum atomic E-state index is 11.6. The molecule has 0 unspecified atom stereocenters. The zero-order valence-electron chi connectivity index (χ0n) is 8.66. The van der Waals surface area contributed by atoms with Crippen LogP contribution in [0.15, 0.2) is 0 Å². The van der Waals surface area contributed by atoms with Crippen LogP contribution in [0.25, 0.3) is 0 Å². The molecule has 0 aromatic rings. The summed E-state index contributed by atoms with van der Waals surface area (Å²) in [6.45, 7) is 1.66. The van der Waals surface area contributed by atoms with Crippen molar-refractivity contribution < 1.29 is 9.53 Å². The Morgan fingerprint density at radius 3 is 2.43 bits per heavy atom. The van der Waals surface area contributed by atoms with Gasteiger partial charge in [0.1, 0.15) is 0 Å². The number of carbonyl (C=O) groups excluding carboxylic acids is 1. The summed E-state index contributed by atoms with van der Waals surface area (Å²) >= 11 is 0. The van der Waals surface area contributed by atoms with E-state index in [0.29, 0.717) is 12.1 Å². The Kier molecular flexibility index (Phi) is 2.91. The van der Waals surface area contributed by atoms with Crippen LogP contribution in [-0.2, 0) is 4.74 Å². The standard InChI is InChI=1S/C10H18N2O2/c1-14-9-4-6-12(7-5-9)10(13)11-8-2-3-8/h8-9H,2-7H2,1H3,(H,11,13). The second-order valence-electron chi connectivity index (χ2n) is 4.15. The third-order valence-corrected chi connectivity index (χ3v) is 2.97. The molecule has 14 heavy (non-hydrogen) atoms. The Bertz CT molecular complexity index is 208. The number of amides is 2. The Morgan fingerprint density at radius 2 is 1.93 bits per heavy atom. The Hall–Kier alpha value is -0.770. The van der Waals surface area contributed by atoms with E-state index in [1.165, 1.54) is 0 Å². The molecule has 0 radical (unpaired) electrons. The fraction of sp³-hybridized carbons (Fsp3) is 0.900. The zero-order chi connectivity index (χ0) is 9.97. The molecule has 1 N–H and O–H groups in total. The van der Waals surface area contributed by atoms with Crippen molar-refractivity contribution in [3.8, 4) is 0 Å². The molecule has 4 heteroatoms. The lowest BCUT2D eigenvalue weighted by molar-refractivity contribution is 0.0503. The van der Waals surface area contributed by atoms with Gasteiger partial charge in [-0.25, -0.2) is 4.79 Å². The second kappa shape index (κ2) is 4.17. The van der Waals surface area contributed by atoms with Crippen molar-refractivity contribution in [1.29, 1.82) is 0 Å². The molecule has 1 aliphatic heterocycles. The number of hydrogen-bond donors (Lipinski definition) is 1. The number of nitrogens with one attached hydrogen (secondary N) is 1. The molecular formula is C10H18N2O2. The van der Waals surface area contributed by atoms with Gasteiger partial charge in [-0.3, -0.25) is 0 Å². The Balaban J connectivity index is 1.73. The fourth-order valence-electron chi connectivity index (χ4n) is 1.79. The predicted molar refractivity (Wildman–Crippen MR) is 53.2 cm³/mol. The fourth-order valence-corrected chi connectivity index (χ4v) is 1.79. The molecule has 0 spiro atoms. The first-order chi connectivity index (χ1) is 6.79. The Morgan fingerprint density at radius 1 is 1.29 bits per heavy atom. The lowest BCUT2D eigenvalue weighted by atomic mass is 10.1. The van der Waals surface area contributed by atoms with Crippen molar-refractivity contribution >= 4 is 6.03 Å². The normalized spacial score (nSPS) is 23.6. The van der Waals surface area contributed by atoms with Crippen LogP contribution in [0.4, 0.5) is 4.79 Å². The van der Waals surface area contributed by atoms with Crippen LogP contribution >= 0.6 is 0 Å². The van der Waals surface area contributed by atoms with Gasteiger partial charge in [0.2, 0.25) is 0 Å². The molecule has 2 aliphatic rings. The van der Waals surface area contributed by atoms with Crippen LogP contribution in [-0.4, -0.2) is 43.3 Å². The van der Waals surface area contributed by atoms with Crippen molar-refractivity contribution in [3.63, 3.8) is 0 Å². The van der Waals surface area contributed by atoms with Crippen LogP contribution in [0.3, 0.4) is 0 Å². The summed E-state index contributed by atoms with van der Waals surface area (Å²) in [5.74, 6) is 0. The molecule has 2 fully saturated rings. The summed E-state index contributed by atoms with van der Waals surface area (Å²) in [7, 11) is 1.74. The van der Waals surface area contributed by atoms with Gasteiger partial charge in [-0.2, -0.15) is 0 Å². The van der Waals surface area contributed by atoms with E-state index in [4.69, 9.17) is 4.74 Å². The number of nitrogens with zero attached hydrogens (tertiary/aromatic N) is 1. The van der Waals surface area contributed by atoms with Gasteiger partial charge in [0.15, 0.2) is 0 Å². The highest BCUT2D eigenvalue weighted by Gasteiger charge is 2.28. The maximum Gasteiger partial charge on any atom is 0.317 e. The van der Waals surface area contributed by atoms with E-state index in [-0.39, 0.29) is 6.03 Å². The van der Waals surface area contributed by atoms with E-state index >= 15 is 0 Å². The van der Waals surface area contributed by atoms with Gasteiger partial charge >= 0.3 is 6.03 Å². The van der Waals surface area contributed by atoms with Gasteiger partial charge in [0, 0.05) is 26.2 Å². The first kappa shape index (κ1) is 9.77. The smallest absolute Gasteiger partial charge is 0.317 e. The van der Waals surface area contributed by atoms with Crippen LogP contribution in [0.1, 0.15) is 25.7 Å². The molecule has 4 nitrogen and oxygen atoms in total. The minimum Gasteiger partial charge on any atom is -0.381 e. The first-order valence-electron chi connectivity index (χ1n) is 5.38. The molecule has 0 atom stereocenters. The molecule has 0 aromatic carbocycles. The molecule has 2 amide bonds. The maximum absolute atomic E-state index is 11.6. The van der Waals surface area contributed by atoms with Crippen LogP contribution < -0.4 is 5.32 Å². The molecule has 0 aromatic heterocycles. The van der Waals surface area contributed by atoms with E-state index in [2.05, 4.69) is 5.32 Å². The average molecular weight is 198 g/mol. The first-order valence-corrected chi connectivity index (χ1v) is 5.38. The summed E-state index contributed by atoms with van der Waals surface area (Å²) in [6, 6.07) is 0.574. The third kappa shape index (κ3) is 2.38. The molecule has 1 heterocycles. The highest BCUT2D eigenvalue weighted by Crippen LogP contribution is 2.20. The van der Waals surface area contributed by atoms with Gasteiger partial charge in [0.05, 0.1) is 6.10 Å². The van der Waals surface area contributed by atoms with Crippen LogP contribution in [0.2, 0.25) is 0 Å². The number of carbonyl (C=O) groups is 1. The van der Waals surface area contributed by atoms with E-state index < -0.39 is 0 Å². The van der Waals surface area contributed by atoms with Gasteiger partial charge < -0.3 is 15.0 Å². The molecule has 1 aliphatic carbocycles. The second-order valence-corrected chi connectivity index (χ2v) is 4.15. The quantitative estimate of drug-likeness (QED) is 0.718. The molecule has 0 bridgehead atoms. The van der Waals surface area contributed by atoms with Crippen molar-refractivity contribution in [1.82, 2.24) is 10.2 Å². The number of hydrogen-bond acceptors (Lipinski definition) is 2. The molecule has 1 saturated heterocycles. The lowest BCUT2D eigenvalue weighted by Gasteiger charge is -2.31. The summed E-state index contributed by atoms with van der Waals surface area (Å²) in [6.07, 6.45) is 4.59. The van der Waals surface area contributed by atoms with Gasteiger partial charge in [-0.15, -0.1) is 0 Å². The van der Waals surface area contributed by atoms with Crippen molar-refractivity contribution in [2.45, 2.75) is 37.8 Å². The highest BCUT2D eigenvalue weighted by molar-refractivity contribution is 5.74.